The van der Waals surface area contributed by atoms with Crippen molar-refractivity contribution in [2.24, 2.45) is 5.92 Å². The van der Waals surface area contributed by atoms with E-state index in [4.69, 9.17) is 16.3 Å². The summed E-state index contributed by atoms with van der Waals surface area (Å²) in [6.45, 7) is 1.46. The van der Waals surface area contributed by atoms with E-state index in [0.717, 1.165) is 60.2 Å². The van der Waals surface area contributed by atoms with E-state index in [0.29, 0.717) is 35.7 Å². The number of benzene rings is 1. The fourth-order valence-corrected chi connectivity index (χ4v) is 4.35. The normalized spacial score (nSPS) is 19.1. The molecular formula is C23H24ClN5O2. The molecule has 1 atom stereocenters. The maximum absolute atomic E-state index is 12.7. The van der Waals surface area contributed by atoms with Crippen LogP contribution in [0.25, 0.3) is 5.57 Å². The van der Waals surface area contributed by atoms with Crippen LogP contribution < -0.4 is 5.56 Å². The molecule has 2 N–H and O–H groups in total. The lowest BCUT2D eigenvalue weighted by molar-refractivity contribution is 0.191. The second-order valence-corrected chi connectivity index (χ2v) is 8.68. The molecule has 8 heteroatoms. The Morgan fingerprint density at radius 1 is 1.19 bits per heavy atom. The van der Waals surface area contributed by atoms with E-state index in [1.807, 2.05) is 24.3 Å². The molecule has 0 amide bonds. The average molecular weight is 438 g/mol. The summed E-state index contributed by atoms with van der Waals surface area (Å²) in [6, 6.07) is 10.1. The van der Waals surface area contributed by atoms with Crippen LogP contribution in [-0.4, -0.2) is 38.8 Å². The van der Waals surface area contributed by atoms with Gasteiger partial charge in [0, 0.05) is 40.8 Å². The molecule has 160 valence electrons. The number of nitrogens with zero attached hydrogens (tertiary/aromatic N) is 3. The van der Waals surface area contributed by atoms with E-state index in [-0.39, 0.29) is 5.56 Å². The third kappa shape index (κ3) is 4.62. The number of aromatic nitrogens is 5. The van der Waals surface area contributed by atoms with Gasteiger partial charge in [-0.2, -0.15) is 5.21 Å². The van der Waals surface area contributed by atoms with Crippen LogP contribution in [0.1, 0.15) is 53.4 Å². The monoisotopic (exact) mass is 437 g/mol. The van der Waals surface area contributed by atoms with Gasteiger partial charge < -0.3 is 9.72 Å². The zero-order chi connectivity index (χ0) is 21.2. The van der Waals surface area contributed by atoms with Gasteiger partial charge in [0.25, 0.3) is 5.56 Å². The minimum atomic E-state index is 0.0106. The van der Waals surface area contributed by atoms with E-state index in [9.17, 15) is 4.79 Å². The molecule has 0 bridgehead atoms. The second-order valence-electron chi connectivity index (χ2n) is 8.27. The number of aromatic amines is 2. The Hall–Kier alpha value is -2.77. The molecule has 0 spiro atoms. The van der Waals surface area contributed by atoms with Crippen LogP contribution >= 0.6 is 11.6 Å². The van der Waals surface area contributed by atoms with Crippen LogP contribution in [0.5, 0.6) is 0 Å². The predicted octanol–water partition coefficient (Wildman–Crippen LogP) is 3.67. The molecule has 0 radical (unpaired) electrons. The molecule has 1 saturated heterocycles. The summed E-state index contributed by atoms with van der Waals surface area (Å²) in [6.07, 6.45) is 6.77. The molecule has 1 aliphatic carbocycles. The van der Waals surface area contributed by atoms with Gasteiger partial charge in [-0.25, -0.2) is 0 Å². The molecule has 1 unspecified atom stereocenters. The first kappa shape index (κ1) is 20.2. The first-order valence-corrected chi connectivity index (χ1v) is 11.1. The van der Waals surface area contributed by atoms with Crippen molar-refractivity contribution in [3.05, 3.63) is 80.0 Å². The smallest absolute Gasteiger partial charge is 0.251 e. The minimum Gasteiger partial charge on any atom is -0.381 e. The Balaban J connectivity index is 1.45. The third-order valence-corrected chi connectivity index (χ3v) is 6.34. The van der Waals surface area contributed by atoms with Gasteiger partial charge in [-0.3, -0.25) is 4.79 Å². The first-order chi connectivity index (χ1) is 15.2. The lowest BCUT2D eigenvalue weighted by Gasteiger charge is -2.14. The van der Waals surface area contributed by atoms with E-state index in [1.54, 1.807) is 0 Å². The average Bonchev–Trinajstić information content (AvgIpc) is 3.23. The fourth-order valence-electron chi connectivity index (χ4n) is 4.07. The van der Waals surface area contributed by atoms with E-state index >= 15 is 0 Å². The van der Waals surface area contributed by atoms with Crippen LogP contribution in [0.15, 0.2) is 41.2 Å². The van der Waals surface area contributed by atoms with Gasteiger partial charge in [-0.1, -0.05) is 41.1 Å². The van der Waals surface area contributed by atoms with Crippen LogP contribution in [0.4, 0.5) is 0 Å². The molecule has 3 aromatic rings. The molecule has 31 heavy (non-hydrogen) atoms. The number of H-pyrrole nitrogens is 2. The summed E-state index contributed by atoms with van der Waals surface area (Å²) in [7, 11) is 0. The van der Waals surface area contributed by atoms with E-state index < -0.39 is 0 Å². The highest BCUT2D eigenvalue weighted by Crippen LogP contribution is 2.38. The van der Waals surface area contributed by atoms with Crippen molar-refractivity contribution in [1.29, 1.82) is 0 Å². The highest BCUT2D eigenvalue weighted by molar-refractivity contribution is 6.31. The molecule has 3 heterocycles. The second kappa shape index (κ2) is 8.77. The zero-order valence-corrected chi connectivity index (χ0v) is 17.9. The highest BCUT2D eigenvalue weighted by Gasteiger charge is 2.26. The van der Waals surface area contributed by atoms with Crippen molar-refractivity contribution < 1.29 is 4.74 Å². The molecule has 1 aliphatic heterocycles. The Labute approximate surface area is 184 Å². The number of halogens is 1. The predicted molar refractivity (Wildman–Crippen MR) is 118 cm³/mol. The van der Waals surface area contributed by atoms with Gasteiger partial charge in [0.15, 0.2) is 5.82 Å². The highest BCUT2D eigenvalue weighted by atomic mass is 35.5. The molecule has 2 fully saturated rings. The quantitative estimate of drug-likeness (QED) is 0.587. The van der Waals surface area contributed by atoms with E-state index in [2.05, 4.69) is 37.8 Å². The molecule has 2 aromatic heterocycles. The number of pyridine rings is 1. The van der Waals surface area contributed by atoms with Crippen molar-refractivity contribution in [2.45, 2.75) is 38.0 Å². The Bertz CT molecular complexity index is 1150. The van der Waals surface area contributed by atoms with Gasteiger partial charge >= 0.3 is 0 Å². The van der Waals surface area contributed by atoms with Gasteiger partial charge in [-0.05, 0) is 54.9 Å². The van der Waals surface area contributed by atoms with Crippen LogP contribution in [0.3, 0.4) is 0 Å². The van der Waals surface area contributed by atoms with Gasteiger partial charge in [0.1, 0.15) is 0 Å². The third-order valence-electron chi connectivity index (χ3n) is 5.99. The summed E-state index contributed by atoms with van der Waals surface area (Å²) in [5, 5.41) is 14.7. The maximum Gasteiger partial charge on any atom is 0.251 e. The summed E-state index contributed by atoms with van der Waals surface area (Å²) < 4.78 is 5.56. The number of rotatable bonds is 7. The summed E-state index contributed by atoms with van der Waals surface area (Å²) >= 11 is 6.64. The molecule has 2 aliphatic rings. The SMILES string of the molecule is O=c1[nH]c(/C(=C/C2CCOC2)c2ccc(CCc3nn[nH]n3)c(Cl)c2)ccc1C1CC1. The van der Waals surface area contributed by atoms with Crippen molar-refractivity contribution >= 4 is 17.2 Å². The zero-order valence-electron chi connectivity index (χ0n) is 17.1. The van der Waals surface area contributed by atoms with Crippen LogP contribution in [0, 0.1) is 5.92 Å². The molecule has 7 nitrogen and oxygen atoms in total. The number of hydrogen-bond donors (Lipinski definition) is 2. The van der Waals surface area contributed by atoms with Crippen molar-refractivity contribution in [1.82, 2.24) is 25.6 Å². The first-order valence-electron chi connectivity index (χ1n) is 10.7. The number of tetrazole rings is 1. The van der Waals surface area contributed by atoms with Crippen molar-refractivity contribution in [3.63, 3.8) is 0 Å². The summed E-state index contributed by atoms with van der Waals surface area (Å²) in [5.41, 5.74) is 4.71. The number of aryl methyl sites for hydroxylation is 2. The summed E-state index contributed by atoms with van der Waals surface area (Å²) in [5.74, 6) is 1.40. The lowest BCUT2D eigenvalue weighted by Crippen LogP contribution is -2.14. The van der Waals surface area contributed by atoms with Crippen LogP contribution in [-0.2, 0) is 17.6 Å². The summed E-state index contributed by atoms with van der Waals surface area (Å²) in [4.78, 5) is 15.8. The van der Waals surface area contributed by atoms with Crippen molar-refractivity contribution in [3.8, 4) is 0 Å². The van der Waals surface area contributed by atoms with Gasteiger partial charge in [0.2, 0.25) is 0 Å². The van der Waals surface area contributed by atoms with Gasteiger partial charge in [-0.15, -0.1) is 10.2 Å². The molecule has 5 rings (SSSR count). The Kier molecular flexibility index (Phi) is 5.70. The molecule has 1 aromatic carbocycles. The lowest BCUT2D eigenvalue weighted by atomic mass is 9.94. The standard InChI is InChI=1S/C23H24ClN5O2/c24-20-12-17(4-3-16(20)5-8-22-26-28-29-27-22)19(11-14-9-10-31-13-14)21-7-6-18(15-1-2-15)23(30)25-21/h3-4,6-7,11-12,14-15H,1-2,5,8-10,13H2,(H,25,30)(H,26,27,28,29)/b19-11+. The maximum atomic E-state index is 12.7. The number of hydrogen-bond acceptors (Lipinski definition) is 5. The fraction of sp³-hybridized carbons (Fsp3) is 0.391. The Morgan fingerprint density at radius 3 is 2.77 bits per heavy atom. The van der Waals surface area contributed by atoms with Crippen LogP contribution in [0.2, 0.25) is 5.02 Å². The number of nitrogens with one attached hydrogen (secondary N) is 2. The van der Waals surface area contributed by atoms with Gasteiger partial charge in [0.05, 0.1) is 6.61 Å². The van der Waals surface area contributed by atoms with Crippen molar-refractivity contribution in [2.75, 3.05) is 13.2 Å². The largest absolute Gasteiger partial charge is 0.381 e. The topological polar surface area (TPSA) is 96.5 Å². The molecule has 1 saturated carbocycles. The minimum absolute atomic E-state index is 0.0106. The molecular weight excluding hydrogens is 414 g/mol. The Morgan fingerprint density at radius 2 is 2.10 bits per heavy atom. The number of ether oxygens (including phenoxy) is 1. The van der Waals surface area contributed by atoms with E-state index in [1.165, 1.54) is 0 Å².